The Labute approximate surface area is 133 Å². The zero-order chi connectivity index (χ0) is 15.4. The highest BCUT2D eigenvalue weighted by molar-refractivity contribution is 5.93. The number of hydrogen-bond donors (Lipinski definition) is 0. The summed E-state index contributed by atoms with van der Waals surface area (Å²) in [4.78, 5) is 17.1. The maximum Gasteiger partial charge on any atom is 0.257 e. The average Bonchev–Trinajstić information content (AvgIpc) is 2.83. The summed E-state index contributed by atoms with van der Waals surface area (Å²) in [5.41, 5.74) is 0.711. The summed E-state index contributed by atoms with van der Waals surface area (Å²) in [5, 5.41) is 4.11. The van der Waals surface area contributed by atoms with Gasteiger partial charge in [-0.15, -0.1) is 0 Å². The van der Waals surface area contributed by atoms with Crippen LogP contribution in [0.25, 0.3) is 0 Å². The van der Waals surface area contributed by atoms with Crippen molar-refractivity contribution in [3.63, 3.8) is 0 Å². The van der Waals surface area contributed by atoms with Gasteiger partial charge < -0.3 is 9.80 Å². The third-order valence-electron chi connectivity index (χ3n) is 5.07. The van der Waals surface area contributed by atoms with Crippen LogP contribution in [0.2, 0.25) is 0 Å². The van der Waals surface area contributed by atoms with E-state index < -0.39 is 0 Å². The number of aryl methyl sites for hydroxylation is 1. The van der Waals surface area contributed by atoms with Crippen molar-refractivity contribution < 1.29 is 4.79 Å². The molecule has 0 N–H and O–H groups in total. The van der Waals surface area contributed by atoms with Crippen molar-refractivity contribution in [3.05, 3.63) is 18.0 Å². The number of nitrogens with zero attached hydrogens (tertiary/aromatic N) is 4. The zero-order valence-electron chi connectivity index (χ0n) is 13.7. The molecule has 122 valence electrons. The number of aromatic nitrogens is 2. The van der Waals surface area contributed by atoms with E-state index in [-0.39, 0.29) is 5.91 Å². The fourth-order valence-corrected chi connectivity index (χ4v) is 3.81. The summed E-state index contributed by atoms with van der Waals surface area (Å²) < 4.78 is 1.69. The Hall–Kier alpha value is -1.36. The van der Waals surface area contributed by atoms with Gasteiger partial charge in [0.15, 0.2) is 0 Å². The molecule has 1 saturated carbocycles. The highest BCUT2D eigenvalue weighted by Crippen LogP contribution is 2.24. The van der Waals surface area contributed by atoms with Gasteiger partial charge >= 0.3 is 0 Å². The van der Waals surface area contributed by atoms with Gasteiger partial charge in [0.1, 0.15) is 0 Å². The Bertz CT molecular complexity index is 493. The molecule has 1 saturated heterocycles. The van der Waals surface area contributed by atoms with Crippen molar-refractivity contribution in [2.24, 2.45) is 13.0 Å². The molecule has 0 radical (unpaired) electrons. The maximum absolute atomic E-state index is 12.5. The molecule has 0 spiro atoms. The molecule has 2 fully saturated rings. The smallest absolute Gasteiger partial charge is 0.257 e. The van der Waals surface area contributed by atoms with Crippen molar-refractivity contribution in [2.75, 3.05) is 32.7 Å². The van der Waals surface area contributed by atoms with Crippen molar-refractivity contribution >= 4 is 5.91 Å². The van der Waals surface area contributed by atoms with E-state index in [0.29, 0.717) is 5.56 Å². The molecule has 0 bridgehead atoms. The zero-order valence-corrected chi connectivity index (χ0v) is 13.7. The Balaban J connectivity index is 1.52. The van der Waals surface area contributed by atoms with Gasteiger partial charge in [-0.2, -0.15) is 5.10 Å². The van der Waals surface area contributed by atoms with Gasteiger partial charge in [-0.3, -0.25) is 9.48 Å². The van der Waals surface area contributed by atoms with Crippen LogP contribution in [0.1, 0.15) is 48.9 Å². The van der Waals surface area contributed by atoms with E-state index in [1.165, 1.54) is 38.6 Å². The first kappa shape index (κ1) is 15.5. The molecule has 2 heterocycles. The van der Waals surface area contributed by atoms with Crippen LogP contribution in [-0.2, 0) is 7.05 Å². The second-order valence-electron chi connectivity index (χ2n) is 6.85. The van der Waals surface area contributed by atoms with E-state index in [0.717, 1.165) is 38.5 Å². The Morgan fingerprint density at radius 2 is 1.95 bits per heavy atom. The fraction of sp³-hybridized carbons (Fsp3) is 0.765. The molecule has 0 unspecified atom stereocenters. The van der Waals surface area contributed by atoms with Gasteiger partial charge in [-0.25, -0.2) is 0 Å². The van der Waals surface area contributed by atoms with Crippen LogP contribution < -0.4 is 0 Å². The molecule has 5 heteroatoms. The lowest BCUT2D eigenvalue weighted by Gasteiger charge is -2.28. The standard InChI is InChI=1S/C17H28N4O/c1-19-14-16(12-18-19)17(22)21-9-5-8-20(10-11-21)13-15-6-3-2-4-7-15/h12,14-15H,2-11,13H2,1H3. The molecule has 5 nitrogen and oxygen atoms in total. The Morgan fingerprint density at radius 3 is 2.68 bits per heavy atom. The number of carbonyl (C=O) groups is 1. The molecule has 1 amide bonds. The summed E-state index contributed by atoms with van der Waals surface area (Å²) in [5.74, 6) is 1.02. The van der Waals surface area contributed by atoms with Crippen molar-refractivity contribution in [3.8, 4) is 0 Å². The van der Waals surface area contributed by atoms with Crippen LogP contribution in [0.4, 0.5) is 0 Å². The van der Waals surface area contributed by atoms with Crippen molar-refractivity contribution in [2.45, 2.75) is 38.5 Å². The van der Waals surface area contributed by atoms with E-state index >= 15 is 0 Å². The van der Waals surface area contributed by atoms with E-state index in [1.807, 2.05) is 18.1 Å². The molecule has 0 aromatic carbocycles. The minimum Gasteiger partial charge on any atom is -0.337 e. The summed E-state index contributed by atoms with van der Waals surface area (Å²) in [6.07, 6.45) is 11.6. The average molecular weight is 304 g/mol. The summed E-state index contributed by atoms with van der Waals surface area (Å²) >= 11 is 0. The second-order valence-corrected chi connectivity index (χ2v) is 6.85. The first-order chi connectivity index (χ1) is 10.7. The lowest BCUT2D eigenvalue weighted by atomic mass is 9.89. The SMILES string of the molecule is Cn1cc(C(=O)N2CCCN(CC3CCCCC3)CC2)cn1. The lowest BCUT2D eigenvalue weighted by Crippen LogP contribution is -2.36. The van der Waals surface area contributed by atoms with Crippen molar-refractivity contribution in [1.82, 2.24) is 19.6 Å². The molecule has 3 rings (SSSR count). The summed E-state index contributed by atoms with van der Waals surface area (Å²) in [6.45, 7) is 5.10. The number of rotatable bonds is 3. The van der Waals surface area contributed by atoms with Crippen LogP contribution in [-0.4, -0.2) is 58.2 Å². The van der Waals surface area contributed by atoms with Gasteiger partial charge in [-0.05, 0) is 31.7 Å². The molecular formula is C17H28N4O. The van der Waals surface area contributed by atoms with Gasteiger partial charge in [0.25, 0.3) is 5.91 Å². The quantitative estimate of drug-likeness (QED) is 0.859. The largest absolute Gasteiger partial charge is 0.337 e. The molecule has 22 heavy (non-hydrogen) atoms. The fourth-order valence-electron chi connectivity index (χ4n) is 3.81. The molecule has 1 aliphatic carbocycles. The van der Waals surface area contributed by atoms with Crippen molar-refractivity contribution in [1.29, 1.82) is 0 Å². The number of hydrogen-bond acceptors (Lipinski definition) is 3. The maximum atomic E-state index is 12.5. The topological polar surface area (TPSA) is 41.4 Å². The molecule has 1 aromatic rings. The van der Waals surface area contributed by atoms with E-state index in [1.54, 1.807) is 10.9 Å². The summed E-state index contributed by atoms with van der Waals surface area (Å²) in [6, 6.07) is 0. The second kappa shape index (κ2) is 7.27. The van der Waals surface area contributed by atoms with Gasteiger partial charge in [0, 0.05) is 39.4 Å². The molecule has 1 aliphatic heterocycles. The first-order valence-electron chi connectivity index (χ1n) is 8.72. The lowest BCUT2D eigenvalue weighted by molar-refractivity contribution is 0.0760. The minimum atomic E-state index is 0.132. The molecule has 0 atom stereocenters. The highest BCUT2D eigenvalue weighted by atomic mass is 16.2. The third-order valence-corrected chi connectivity index (χ3v) is 5.07. The van der Waals surface area contributed by atoms with E-state index in [9.17, 15) is 4.79 Å². The van der Waals surface area contributed by atoms with Crippen LogP contribution in [0.5, 0.6) is 0 Å². The Morgan fingerprint density at radius 1 is 1.14 bits per heavy atom. The summed E-state index contributed by atoms with van der Waals surface area (Å²) in [7, 11) is 1.85. The van der Waals surface area contributed by atoms with Crippen LogP contribution in [0, 0.1) is 5.92 Å². The van der Waals surface area contributed by atoms with Crippen LogP contribution in [0.3, 0.4) is 0 Å². The normalized spacial score (nSPS) is 21.8. The molecular weight excluding hydrogens is 276 g/mol. The monoisotopic (exact) mass is 304 g/mol. The van der Waals surface area contributed by atoms with Gasteiger partial charge in [0.05, 0.1) is 11.8 Å². The predicted octanol–water partition coefficient (Wildman–Crippen LogP) is 2.15. The Kier molecular flexibility index (Phi) is 5.13. The molecule has 2 aliphatic rings. The molecule has 1 aromatic heterocycles. The predicted molar refractivity (Wildman–Crippen MR) is 86.7 cm³/mol. The van der Waals surface area contributed by atoms with E-state index in [4.69, 9.17) is 0 Å². The van der Waals surface area contributed by atoms with Crippen LogP contribution >= 0.6 is 0 Å². The highest BCUT2D eigenvalue weighted by Gasteiger charge is 2.23. The third kappa shape index (κ3) is 3.88. The first-order valence-corrected chi connectivity index (χ1v) is 8.72. The van der Waals surface area contributed by atoms with Gasteiger partial charge in [-0.1, -0.05) is 19.3 Å². The number of amides is 1. The van der Waals surface area contributed by atoms with Crippen LogP contribution in [0.15, 0.2) is 12.4 Å². The van der Waals surface area contributed by atoms with Gasteiger partial charge in [0.2, 0.25) is 0 Å². The number of carbonyl (C=O) groups excluding carboxylic acids is 1. The minimum absolute atomic E-state index is 0.132. The van der Waals surface area contributed by atoms with E-state index in [2.05, 4.69) is 10.00 Å².